The van der Waals surface area contributed by atoms with Gasteiger partial charge in [0.05, 0.1) is 23.4 Å². The highest BCUT2D eigenvalue weighted by atomic mass is 32.1. The van der Waals surface area contributed by atoms with E-state index >= 15 is 0 Å². The Balaban J connectivity index is 2.21. The zero-order chi connectivity index (χ0) is 13.1. The summed E-state index contributed by atoms with van der Waals surface area (Å²) in [5.41, 5.74) is 6.88. The fourth-order valence-electron chi connectivity index (χ4n) is 1.51. The quantitative estimate of drug-likeness (QED) is 0.836. The van der Waals surface area contributed by atoms with Crippen molar-refractivity contribution in [2.24, 2.45) is 0 Å². The number of hydrogen-bond donors (Lipinski definition) is 2. The summed E-state index contributed by atoms with van der Waals surface area (Å²) in [5, 5.41) is 2.78. The summed E-state index contributed by atoms with van der Waals surface area (Å²) in [4.78, 5) is 13.7. The van der Waals surface area contributed by atoms with E-state index in [9.17, 15) is 4.79 Å². The third kappa shape index (κ3) is 2.62. The summed E-state index contributed by atoms with van der Waals surface area (Å²) < 4.78 is 5.10. The highest BCUT2D eigenvalue weighted by Gasteiger charge is 2.10. The lowest BCUT2D eigenvalue weighted by Gasteiger charge is -2.09. The molecule has 1 amide bonds. The van der Waals surface area contributed by atoms with Crippen LogP contribution in [0.15, 0.2) is 30.3 Å². The van der Waals surface area contributed by atoms with Gasteiger partial charge in [0.1, 0.15) is 5.75 Å². The lowest BCUT2D eigenvalue weighted by atomic mass is 10.2. The molecule has 1 aromatic carbocycles. The molecule has 0 fully saturated rings. The number of rotatable bonds is 3. The predicted molar refractivity (Wildman–Crippen MR) is 74.4 cm³/mol. The Labute approximate surface area is 109 Å². The molecular formula is C13H14N2O2S. The molecule has 0 aliphatic heterocycles. The maximum Gasteiger partial charge on any atom is 0.265 e. The number of nitrogen functional groups attached to an aromatic ring is 1. The monoisotopic (exact) mass is 262 g/mol. The van der Waals surface area contributed by atoms with Crippen molar-refractivity contribution in [3.05, 3.63) is 40.1 Å². The average molecular weight is 262 g/mol. The normalized spacial score (nSPS) is 10.1. The molecule has 0 bridgehead atoms. The number of nitrogens with one attached hydrogen (secondary N) is 1. The van der Waals surface area contributed by atoms with Gasteiger partial charge in [-0.1, -0.05) is 0 Å². The molecule has 1 aromatic heterocycles. The molecule has 2 rings (SSSR count). The van der Waals surface area contributed by atoms with Crippen LogP contribution >= 0.6 is 11.3 Å². The number of thiophene rings is 1. The largest absolute Gasteiger partial charge is 0.497 e. The van der Waals surface area contributed by atoms with Crippen molar-refractivity contribution >= 4 is 28.6 Å². The second-order valence-corrected chi connectivity index (χ2v) is 5.11. The summed E-state index contributed by atoms with van der Waals surface area (Å²) in [6.07, 6.45) is 0. The SMILES string of the molecule is COc1ccc(N)c(NC(=O)c2ccc(C)s2)c1. The molecule has 0 aliphatic carbocycles. The minimum absolute atomic E-state index is 0.159. The van der Waals surface area contributed by atoms with Crippen molar-refractivity contribution in [1.29, 1.82) is 0 Å². The summed E-state index contributed by atoms with van der Waals surface area (Å²) in [6.45, 7) is 1.96. The minimum Gasteiger partial charge on any atom is -0.497 e. The fourth-order valence-corrected chi connectivity index (χ4v) is 2.27. The number of amides is 1. The molecule has 0 radical (unpaired) electrons. The van der Waals surface area contributed by atoms with Crippen molar-refractivity contribution < 1.29 is 9.53 Å². The number of carbonyl (C=O) groups excluding carboxylic acids is 1. The standard InChI is InChI=1S/C13H14N2O2S/c1-8-3-6-12(18-8)13(16)15-11-7-9(17-2)4-5-10(11)14/h3-7H,14H2,1-2H3,(H,15,16). The van der Waals surface area contributed by atoms with Crippen molar-refractivity contribution in [2.45, 2.75) is 6.92 Å². The molecule has 0 atom stereocenters. The Kier molecular flexibility index (Phi) is 3.53. The average Bonchev–Trinajstić information content (AvgIpc) is 2.79. The number of hydrogen-bond acceptors (Lipinski definition) is 4. The molecule has 3 N–H and O–H groups in total. The third-order valence-corrected chi connectivity index (χ3v) is 3.47. The topological polar surface area (TPSA) is 64.3 Å². The molecule has 0 saturated carbocycles. The molecule has 0 unspecified atom stereocenters. The summed E-state index contributed by atoms with van der Waals surface area (Å²) in [7, 11) is 1.57. The highest BCUT2D eigenvalue weighted by Crippen LogP contribution is 2.25. The first-order chi connectivity index (χ1) is 8.60. The van der Waals surface area contributed by atoms with E-state index in [0.717, 1.165) is 4.88 Å². The van der Waals surface area contributed by atoms with E-state index in [1.807, 2.05) is 13.0 Å². The lowest BCUT2D eigenvalue weighted by molar-refractivity contribution is 0.103. The first kappa shape index (κ1) is 12.4. The Morgan fingerprint density at radius 1 is 1.33 bits per heavy atom. The van der Waals surface area contributed by atoms with E-state index in [1.165, 1.54) is 11.3 Å². The molecule has 18 heavy (non-hydrogen) atoms. The molecule has 0 spiro atoms. The van der Waals surface area contributed by atoms with Crippen molar-refractivity contribution in [3.8, 4) is 5.75 Å². The van der Waals surface area contributed by atoms with Gasteiger partial charge < -0.3 is 15.8 Å². The van der Waals surface area contributed by atoms with Gasteiger partial charge >= 0.3 is 0 Å². The number of carbonyl (C=O) groups is 1. The number of ether oxygens (including phenoxy) is 1. The molecule has 1 heterocycles. The van der Waals surface area contributed by atoms with Crippen LogP contribution < -0.4 is 15.8 Å². The number of nitrogens with two attached hydrogens (primary N) is 1. The van der Waals surface area contributed by atoms with Gasteiger partial charge in [-0.05, 0) is 31.2 Å². The van der Waals surface area contributed by atoms with E-state index in [4.69, 9.17) is 10.5 Å². The highest BCUT2D eigenvalue weighted by molar-refractivity contribution is 7.14. The Bertz CT molecular complexity index is 578. The molecule has 0 aliphatic rings. The van der Waals surface area contributed by atoms with E-state index in [1.54, 1.807) is 31.4 Å². The fraction of sp³-hybridized carbons (Fsp3) is 0.154. The zero-order valence-corrected chi connectivity index (χ0v) is 11.0. The number of anilines is 2. The van der Waals surface area contributed by atoms with Crippen LogP contribution in [0.25, 0.3) is 0 Å². The lowest BCUT2D eigenvalue weighted by Crippen LogP contribution is -2.11. The Morgan fingerprint density at radius 3 is 2.72 bits per heavy atom. The second-order valence-electron chi connectivity index (χ2n) is 3.82. The molecule has 94 valence electrons. The van der Waals surface area contributed by atoms with E-state index in [2.05, 4.69) is 5.32 Å². The van der Waals surface area contributed by atoms with E-state index in [0.29, 0.717) is 22.0 Å². The van der Waals surface area contributed by atoms with Crippen LogP contribution in [0.4, 0.5) is 11.4 Å². The van der Waals surface area contributed by atoms with Crippen molar-refractivity contribution in [2.75, 3.05) is 18.2 Å². The van der Waals surface area contributed by atoms with Crippen LogP contribution in [0, 0.1) is 6.92 Å². The Morgan fingerprint density at radius 2 is 2.11 bits per heavy atom. The van der Waals surface area contributed by atoms with Gasteiger partial charge in [-0.2, -0.15) is 0 Å². The number of aryl methyl sites for hydroxylation is 1. The molecular weight excluding hydrogens is 248 g/mol. The van der Waals surface area contributed by atoms with Gasteiger partial charge in [0, 0.05) is 10.9 Å². The molecule has 4 nitrogen and oxygen atoms in total. The van der Waals surface area contributed by atoms with Gasteiger partial charge in [-0.3, -0.25) is 4.79 Å². The van der Waals surface area contributed by atoms with E-state index in [-0.39, 0.29) is 5.91 Å². The van der Waals surface area contributed by atoms with Gasteiger partial charge in [-0.15, -0.1) is 11.3 Å². The summed E-state index contributed by atoms with van der Waals surface area (Å²) in [6, 6.07) is 8.86. The minimum atomic E-state index is -0.159. The van der Waals surface area contributed by atoms with Gasteiger partial charge in [0.25, 0.3) is 5.91 Å². The first-order valence-corrected chi connectivity index (χ1v) is 6.23. The van der Waals surface area contributed by atoms with Crippen molar-refractivity contribution in [1.82, 2.24) is 0 Å². The van der Waals surface area contributed by atoms with Gasteiger partial charge in [0.2, 0.25) is 0 Å². The van der Waals surface area contributed by atoms with Gasteiger partial charge in [-0.25, -0.2) is 0 Å². The second kappa shape index (κ2) is 5.10. The van der Waals surface area contributed by atoms with Gasteiger partial charge in [0.15, 0.2) is 0 Å². The van der Waals surface area contributed by atoms with Crippen LogP contribution in [0.5, 0.6) is 5.75 Å². The maximum atomic E-state index is 12.0. The van der Waals surface area contributed by atoms with Crippen LogP contribution in [0.1, 0.15) is 14.5 Å². The van der Waals surface area contributed by atoms with Crippen LogP contribution in [0.3, 0.4) is 0 Å². The summed E-state index contributed by atoms with van der Waals surface area (Å²) in [5.74, 6) is 0.495. The van der Waals surface area contributed by atoms with Crippen LogP contribution in [-0.4, -0.2) is 13.0 Å². The number of methoxy groups -OCH3 is 1. The zero-order valence-electron chi connectivity index (χ0n) is 10.2. The first-order valence-electron chi connectivity index (χ1n) is 5.41. The number of benzene rings is 1. The van der Waals surface area contributed by atoms with Crippen LogP contribution in [-0.2, 0) is 0 Å². The molecule has 5 heteroatoms. The van der Waals surface area contributed by atoms with E-state index < -0.39 is 0 Å². The molecule has 0 saturated heterocycles. The van der Waals surface area contributed by atoms with Crippen molar-refractivity contribution in [3.63, 3.8) is 0 Å². The molecule has 2 aromatic rings. The van der Waals surface area contributed by atoms with Crippen LogP contribution in [0.2, 0.25) is 0 Å². The smallest absolute Gasteiger partial charge is 0.265 e. The predicted octanol–water partition coefficient (Wildman–Crippen LogP) is 2.90. The third-order valence-electron chi connectivity index (χ3n) is 2.47. The Hall–Kier alpha value is -2.01. The summed E-state index contributed by atoms with van der Waals surface area (Å²) >= 11 is 1.45. The maximum absolute atomic E-state index is 12.0.